The standard InChI is InChI=1S/C13H15ClFN3/c1-3-7-18-11(8-14)16-17-13(18)10-6-4-5-9(2)12(10)15/h4-6H,3,7-8H2,1-2H3. The van der Waals surface area contributed by atoms with Gasteiger partial charge in [0.15, 0.2) is 5.82 Å². The first-order valence-corrected chi connectivity index (χ1v) is 6.46. The number of aryl methyl sites for hydroxylation is 1. The fraction of sp³-hybridized carbons (Fsp3) is 0.385. The minimum absolute atomic E-state index is 0.247. The number of nitrogens with zero attached hydrogens (tertiary/aromatic N) is 3. The van der Waals surface area contributed by atoms with Crippen molar-refractivity contribution in [2.24, 2.45) is 0 Å². The summed E-state index contributed by atoms with van der Waals surface area (Å²) >= 11 is 5.82. The third-order valence-corrected chi connectivity index (χ3v) is 3.07. The lowest BCUT2D eigenvalue weighted by atomic mass is 10.1. The fourth-order valence-electron chi connectivity index (χ4n) is 1.91. The molecule has 2 rings (SSSR count). The van der Waals surface area contributed by atoms with Gasteiger partial charge >= 0.3 is 0 Å². The Kier molecular flexibility index (Phi) is 3.97. The number of halogens is 2. The zero-order valence-electron chi connectivity index (χ0n) is 10.5. The van der Waals surface area contributed by atoms with Gasteiger partial charge in [-0.2, -0.15) is 0 Å². The normalized spacial score (nSPS) is 10.9. The molecule has 0 fully saturated rings. The Bertz CT molecular complexity index is 551. The van der Waals surface area contributed by atoms with E-state index in [1.807, 2.05) is 17.6 Å². The van der Waals surface area contributed by atoms with Gasteiger partial charge in [-0.05, 0) is 25.0 Å². The Morgan fingerprint density at radius 3 is 2.78 bits per heavy atom. The molecule has 0 bridgehead atoms. The van der Waals surface area contributed by atoms with Gasteiger partial charge < -0.3 is 4.57 Å². The van der Waals surface area contributed by atoms with E-state index in [1.54, 1.807) is 19.1 Å². The van der Waals surface area contributed by atoms with Crippen LogP contribution in [0.4, 0.5) is 4.39 Å². The number of benzene rings is 1. The van der Waals surface area contributed by atoms with E-state index in [0.717, 1.165) is 13.0 Å². The van der Waals surface area contributed by atoms with Gasteiger partial charge in [0.2, 0.25) is 0 Å². The van der Waals surface area contributed by atoms with Crippen molar-refractivity contribution in [3.8, 4) is 11.4 Å². The van der Waals surface area contributed by atoms with Crippen molar-refractivity contribution in [2.45, 2.75) is 32.7 Å². The van der Waals surface area contributed by atoms with E-state index >= 15 is 0 Å². The summed E-state index contributed by atoms with van der Waals surface area (Å²) in [5.74, 6) is 1.26. The molecule has 3 nitrogen and oxygen atoms in total. The lowest BCUT2D eigenvalue weighted by Gasteiger charge is -2.09. The summed E-state index contributed by atoms with van der Waals surface area (Å²) in [6.07, 6.45) is 0.919. The smallest absolute Gasteiger partial charge is 0.166 e. The molecule has 1 heterocycles. The Labute approximate surface area is 111 Å². The lowest BCUT2D eigenvalue weighted by molar-refractivity contribution is 0.613. The van der Waals surface area contributed by atoms with Crippen molar-refractivity contribution in [3.05, 3.63) is 35.4 Å². The molecule has 0 aliphatic carbocycles. The summed E-state index contributed by atoms with van der Waals surface area (Å²) in [5.41, 5.74) is 1.08. The molecular weight excluding hydrogens is 253 g/mol. The maximum atomic E-state index is 14.1. The molecule has 0 aliphatic rings. The molecule has 5 heteroatoms. The quantitative estimate of drug-likeness (QED) is 0.794. The van der Waals surface area contributed by atoms with Crippen LogP contribution in [0.25, 0.3) is 11.4 Å². The highest BCUT2D eigenvalue weighted by atomic mass is 35.5. The second kappa shape index (κ2) is 5.48. The third kappa shape index (κ3) is 2.25. The summed E-state index contributed by atoms with van der Waals surface area (Å²) in [5, 5.41) is 8.08. The number of hydrogen-bond acceptors (Lipinski definition) is 2. The van der Waals surface area contributed by atoms with Crippen LogP contribution < -0.4 is 0 Å². The first kappa shape index (κ1) is 13.0. The molecule has 0 aliphatic heterocycles. The van der Waals surface area contributed by atoms with Crippen LogP contribution in [-0.2, 0) is 12.4 Å². The van der Waals surface area contributed by atoms with E-state index in [0.29, 0.717) is 22.8 Å². The van der Waals surface area contributed by atoms with Crippen LogP contribution in [-0.4, -0.2) is 14.8 Å². The number of alkyl halides is 1. The summed E-state index contributed by atoms with van der Waals surface area (Å²) < 4.78 is 16.0. The second-order valence-electron chi connectivity index (χ2n) is 4.16. The molecular formula is C13H15ClFN3. The van der Waals surface area contributed by atoms with Gasteiger partial charge in [0, 0.05) is 6.54 Å². The maximum absolute atomic E-state index is 14.1. The van der Waals surface area contributed by atoms with E-state index in [2.05, 4.69) is 10.2 Å². The molecule has 0 radical (unpaired) electrons. The van der Waals surface area contributed by atoms with E-state index < -0.39 is 0 Å². The van der Waals surface area contributed by atoms with Gasteiger partial charge in [-0.3, -0.25) is 0 Å². The number of hydrogen-bond donors (Lipinski definition) is 0. The highest BCUT2D eigenvalue weighted by Gasteiger charge is 2.16. The summed E-state index contributed by atoms with van der Waals surface area (Å²) in [7, 11) is 0. The minimum atomic E-state index is -0.247. The van der Waals surface area contributed by atoms with Gasteiger partial charge in [0.05, 0.1) is 11.4 Å². The molecule has 1 aromatic heterocycles. The molecule has 0 N–H and O–H groups in total. The molecule has 1 aromatic carbocycles. The summed E-state index contributed by atoms with van der Waals surface area (Å²) in [6.45, 7) is 4.52. The van der Waals surface area contributed by atoms with Crippen molar-refractivity contribution in [2.75, 3.05) is 0 Å². The predicted octanol–water partition coefficient (Wildman–Crippen LogP) is 3.54. The highest BCUT2D eigenvalue weighted by molar-refractivity contribution is 6.16. The van der Waals surface area contributed by atoms with Crippen molar-refractivity contribution in [1.82, 2.24) is 14.8 Å². The Morgan fingerprint density at radius 2 is 2.11 bits per heavy atom. The van der Waals surface area contributed by atoms with Gasteiger partial charge in [0.1, 0.15) is 11.6 Å². The molecule has 0 saturated heterocycles. The van der Waals surface area contributed by atoms with Crippen molar-refractivity contribution >= 4 is 11.6 Å². The van der Waals surface area contributed by atoms with Crippen LogP contribution >= 0.6 is 11.6 Å². The van der Waals surface area contributed by atoms with Crippen molar-refractivity contribution in [1.29, 1.82) is 0 Å². The van der Waals surface area contributed by atoms with Gasteiger partial charge in [0.25, 0.3) is 0 Å². The van der Waals surface area contributed by atoms with Crippen LogP contribution in [0.2, 0.25) is 0 Å². The molecule has 0 saturated carbocycles. The third-order valence-electron chi connectivity index (χ3n) is 2.83. The fourth-order valence-corrected chi connectivity index (χ4v) is 2.11. The lowest BCUT2D eigenvalue weighted by Crippen LogP contribution is -2.05. The second-order valence-corrected chi connectivity index (χ2v) is 4.43. The van der Waals surface area contributed by atoms with Crippen molar-refractivity contribution in [3.63, 3.8) is 0 Å². The topological polar surface area (TPSA) is 30.7 Å². The van der Waals surface area contributed by atoms with Crippen LogP contribution in [0.1, 0.15) is 24.7 Å². The first-order chi connectivity index (χ1) is 8.69. The summed E-state index contributed by atoms with van der Waals surface area (Å²) in [6, 6.07) is 5.28. The van der Waals surface area contributed by atoms with Crippen LogP contribution in [0.3, 0.4) is 0 Å². The maximum Gasteiger partial charge on any atom is 0.166 e. The Hall–Kier alpha value is -1.42. The van der Waals surface area contributed by atoms with Crippen LogP contribution in [0.5, 0.6) is 0 Å². The molecule has 18 heavy (non-hydrogen) atoms. The predicted molar refractivity (Wildman–Crippen MR) is 70.0 cm³/mol. The largest absolute Gasteiger partial charge is 0.310 e. The molecule has 2 aromatic rings. The van der Waals surface area contributed by atoms with Gasteiger partial charge in [-0.15, -0.1) is 21.8 Å². The SMILES string of the molecule is CCCn1c(CCl)nnc1-c1cccc(C)c1F. The number of rotatable bonds is 4. The highest BCUT2D eigenvalue weighted by Crippen LogP contribution is 2.24. The van der Waals surface area contributed by atoms with E-state index in [9.17, 15) is 4.39 Å². The van der Waals surface area contributed by atoms with Crippen molar-refractivity contribution < 1.29 is 4.39 Å². The zero-order chi connectivity index (χ0) is 13.1. The van der Waals surface area contributed by atoms with Crippen LogP contribution in [0.15, 0.2) is 18.2 Å². The molecule has 0 atom stereocenters. The van der Waals surface area contributed by atoms with E-state index in [1.165, 1.54) is 0 Å². The molecule has 0 amide bonds. The summed E-state index contributed by atoms with van der Waals surface area (Å²) in [4.78, 5) is 0. The van der Waals surface area contributed by atoms with E-state index in [-0.39, 0.29) is 11.7 Å². The Morgan fingerprint density at radius 1 is 1.33 bits per heavy atom. The molecule has 0 unspecified atom stereocenters. The average molecular weight is 268 g/mol. The molecule has 0 spiro atoms. The Balaban J connectivity index is 2.56. The van der Waals surface area contributed by atoms with Gasteiger partial charge in [-0.1, -0.05) is 19.1 Å². The zero-order valence-corrected chi connectivity index (χ0v) is 11.2. The minimum Gasteiger partial charge on any atom is -0.310 e. The van der Waals surface area contributed by atoms with Crippen LogP contribution in [0, 0.1) is 12.7 Å². The molecule has 96 valence electrons. The number of aromatic nitrogens is 3. The monoisotopic (exact) mass is 267 g/mol. The van der Waals surface area contributed by atoms with E-state index in [4.69, 9.17) is 11.6 Å². The first-order valence-electron chi connectivity index (χ1n) is 5.92. The van der Waals surface area contributed by atoms with Gasteiger partial charge in [-0.25, -0.2) is 4.39 Å². The average Bonchev–Trinajstić information content (AvgIpc) is 2.76.